The van der Waals surface area contributed by atoms with Crippen LogP contribution in [0.5, 0.6) is 5.75 Å². The minimum Gasteiger partial charge on any atom is -0.483 e. The van der Waals surface area contributed by atoms with Crippen molar-refractivity contribution in [3.63, 3.8) is 0 Å². The summed E-state index contributed by atoms with van der Waals surface area (Å²) in [5.41, 5.74) is 5.20. The molecule has 21 heavy (non-hydrogen) atoms. The van der Waals surface area contributed by atoms with E-state index in [-0.39, 0.29) is 11.9 Å². The number of carbonyl (C=O) groups excluding carboxylic acids is 1. The van der Waals surface area contributed by atoms with Crippen molar-refractivity contribution in [3.05, 3.63) is 61.7 Å². The first-order valence-electron chi connectivity index (χ1n) is 7.03. The van der Waals surface area contributed by atoms with E-state index in [9.17, 15) is 4.79 Å². The second-order valence-electron chi connectivity index (χ2n) is 5.67. The SMILES string of the molecule is Cc1ccc(C2CC(=O)c3c(C)cc(C)c(I)c3O2)cc1. The molecule has 0 spiro atoms. The lowest BCUT2D eigenvalue weighted by atomic mass is 9.92. The van der Waals surface area contributed by atoms with E-state index in [0.29, 0.717) is 6.42 Å². The van der Waals surface area contributed by atoms with Gasteiger partial charge >= 0.3 is 0 Å². The Bertz CT molecular complexity index is 717. The first-order chi connectivity index (χ1) is 9.97. The summed E-state index contributed by atoms with van der Waals surface area (Å²) in [5, 5.41) is 0. The van der Waals surface area contributed by atoms with Crippen molar-refractivity contribution in [3.8, 4) is 5.75 Å². The maximum atomic E-state index is 12.5. The second-order valence-corrected chi connectivity index (χ2v) is 6.75. The summed E-state index contributed by atoms with van der Waals surface area (Å²) in [7, 11) is 0. The highest BCUT2D eigenvalue weighted by Crippen LogP contribution is 2.40. The minimum absolute atomic E-state index is 0.178. The fourth-order valence-corrected chi connectivity index (χ4v) is 3.36. The van der Waals surface area contributed by atoms with Crippen molar-refractivity contribution >= 4 is 28.4 Å². The summed E-state index contributed by atoms with van der Waals surface area (Å²) >= 11 is 2.27. The number of halogens is 1. The number of rotatable bonds is 1. The Labute approximate surface area is 138 Å². The molecule has 3 heteroatoms. The molecule has 0 saturated heterocycles. The maximum absolute atomic E-state index is 12.5. The fraction of sp³-hybridized carbons (Fsp3) is 0.278. The van der Waals surface area contributed by atoms with Gasteiger partial charge in [0.1, 0.15) is 11.9 Å². The summed E-state index contributed by atoms with van der Waals surface area (Å²) in [6.07, 6.45) is 0.232. The molecule has 1 aliphatic heterocycles. The third kappa shape index (κ3) is 2.59. The number of hydrogen-bond acceptors (Lipinski definition) is 2. The van der Waals surface area contributed by atoms with Gasteiger partial charge in [-0.25, -0.2) is 0 Å². The van der Waals surface area contributed by atoms with Gasteiger partial charge in [0.15, 0.2) is 5.78 Å². The fourth-order valence-electron chi connectivity index (χ4n) is 2.81. The number of benzene rings is 2. The topological polar surface area (TPSA) is 26.3 Å². The van der Waals surface area contributed by atoms with Gasteiger partial charge in [-0.3, -0.25) is 4.79 Å². The van der Waals surface area contributed by atoms with Crippen LogP contribution >= 0.6 is 22.6 Å². The molecule has 108 valence electrons. The van der Waals surface area contributed by atoms with Crippen LogP contribution in [0.15, 0.2) is 30.3 Å². The van der Waals surface area contributed by atoms with Gasteiger partial charge in [0.25, 0.3) is 0 Å². The van der Waals surface area contributed by atoms with Crippen LogP contribution in [0.4, 0.5) is 0 Å². The molecule has 0 aliphatic carbocycles. The number of hydrogen-bond donors (Lipinski definition) is 0. The van der Waals surface area contributed by atoms with Gasteiger partial charge in [-0.15, -0.1) is 0 Å². The molecular formula is C18H17IO2. The van der Waals surface area contributed by atoms with Crippen molar-refractivity contribution in [1.29, 1.82) is 0 Å². The van der Waals surface area contributed by atoms with Crippen molar-refractivity contribution in [2.24, 2.45) is 0 Å². The van der Waals surface area contributed by atoms with Gasteiger partial charge in [0.05, 0.1) is 15.6 Å². The standard InChI is InChI=1S/C18H17IO2/c1-10-4-6-13(7-5-10)15-9-14(20)16-11(2)8-12(3)17(19)18(16)21-15/h4-8,15H,9H2,1-3H3. The van der Waals surface area contributed by atoms with E-state index in [0.717, 1.165) is 31.6 Å². The van der Waals surface area contributed by atoms with E-state index in [1.54, 1.807) is 0 Å². The second kappa shape index (κ2) is 5.44. The predicted molar refractivity (Wildman–Crippen MR) is 92.1 cm³/mol. The third-order valence-electron chi connectivity index (χ3n) is 3.96. The van der Waals surface area contributed by atoms with Crippen LogP contribution in [-0.2, 0) is 0 Å². The van der Waals surface area contributed by atoms with Crippen LogP contribution < -0.4 is 4.74 Å². The van der Waals surface area contributed by atoms with Crippen LogP contribution in [0.25, 0.3) is 0 Å². The highest BCUT2D eigenvalue weighted by molar-refractivity contribution is 14.1. The van der Waals surface area contributed by atoms with Crippen LogP contribution in [0.1, 0.15) is 45.1 Å². The highest BCUT2D eigenvalue weighted by Gasteiger charge is 2.31. The average Bonchev–Trinajstić information content (AvgIpc) is 2.44. The number of Topliss-reactive ketones (excluding diaryl/α,β-unsaturated/α-hetero) is 1. The maximum Gasteiger partial charge on any atom is 0.170 e. The molecule has 1 aliphatic rings. The summed E-state index contributed by atoms with van der Waals surface area (Å²) in [4.78, 5) is 12.5. The Kier molecular flexibility index (Phi) is 3.78. The lowest BCUT2D eigenvalue weighted by Crippen LogP contribution is -2.22. The van der Waals surface area contributed by atoms with Gasteiger partial charge in [-0.1, -0.05) is 35.9 Å². The van der Waals surface area contributed by atoms with E-state index < -0.39 is 0 Å². The van der Waals surface area contributed by atoms with Crippen LogP contribution in [0.2, 0.25) is 0 Å². The molecule has 3 rings (SSSR count). The first-order valence-corrected chi connectivity index (χ1v) is 8.11. The normalized spacial score (nSPS) is 17.3. The van der Waals surface area contributed by atoms with E-state index in [1.807, 2.05) is 19.1 Å². The van der Waals surface area contributed by atoms with E-state index >= 15 is 0 Å². The molecule has 0 N–H and O–H groups in total. The van der Waals surface area contributed by atoms with Gasteiger partial charge in [0.2, 0.25) is 0 Å². The Hall–Kier alpha value is -1.36. The van der Waals surface area contributed by atoms with E-state index in [1.165, 1.54) is 5.56 Å². The zero-order valence-electron chi connectivity index (χ0n) is 12.4. The van der Waals surface area contributed by atoms with Crippen molar-refractivity contribution < 1.29 is 9.53 Å². The Balaban J connectivity index is 2.06. The Morgan fingerprint density at radius 2 is 1.76 bits per heavy atom. The largest absolute Gasteiger partial charge is 0.483 e. The van der Waals surface area contributed by atoms with Crippen molar-refractivity contribution in [2.75, 3.05) is 0 Å². The number of ketones is 1. The highest BCUT2D eigenvalue weighted by atomic mass is 127. The molecular weight excluding hydrogens is 375 g/mol. The predicted octanol–water partition coefficient (Wildman–Crippen LogP) is 4.92. The quantitative estimate of drug-likeness (QED) is 0.644. The number of ether oxygens (including phenoxy) is 1. The molecule has 0 amide bonds. The summed E-state index contributed by atoms with van der Waals surface area (Å²) in [5.74, 6) is 0.937. The molecule has 2 aromatic carbocycles. The van der Waals surface area contributed by atoms with Crippen LogP contribution in [0.3, 0.4) is 0 Å². The first kappa shape index (κ1) is 14.6. The molecule has 0 aromatic heterocycles. The monoisotopic (exact) mass is 392 g/mol. The summed E-state index contributed by atoms with van der Waals surface area (Å²) < 4.78 is 7.23. The molecule has 1 unspecified atom stereocenters. The van der Waals surface area contributed by atoms with Crippen LogP contribution in [0, 0.1) is 24.3 Å². The molecule has 0 radical (unpaired) electrons. The summed E-state index contributed by atoms with van der Waals surface area (Å²) in [6.45, 7) is 6.09. The third-order valence-corrected chi connectivity index (χ3v) is 5.30. The molecule has 2 aromatic rings. The molecule has 0 bridgehead atoms. The molecule has 1 atom stereocenters. The van der Waals surface area contributed by atoms with Gasteiger partial charge in [-0.2, -0.15) is 0 Å². The minimum atomic E-state index is -0.180. The zero-order chi connectivity index (χ0) is 15.1. The lowest BCUT2D eigenvalue weighted by molar-refractivity contribution is 0.0847. The van der Waals surface area contributed by atoms with Crippen LogP contribution in [-0.4, -0.2) is 5.78 Å². The Morgan fingerprint density at radius 1 is 1.10 bits per heavy atom. The van der Waals surface area contributed by atoms with Crippen molar-refractivity contribution in [2.45, 2.75) is 33.3 Å². The molecule has 2 nitrogen and oxygen atoms in total. The number of carbonyl (C=O) groups is 1. The zero-order valence-corrected chi connectivity index (χ0v) is 14.5. The van der Waals surface area contributed by atoms with Gasteiger partial charge in [0, 0.05) is 0 Å². The van der Waals surface area contributed by atoms with Crippen molar-refractivity contribution in [1.82, 2.24) is 0 Å². The lowest BCUT2D eigenvalue weighted by Gasteiger charge is -2.28. The van der Waals surface area contributed by atoms with E-state index in [2.05, 4.69) is 54.6 Å². The number of aryl methyl sites for hydroxylation is 3. The smallest absolute Gasteiger partial charge is 0.170 e. The average molecular weight is 392 g/mol. The summed E-state index contributed by atoms with van der Waals surface area (Å²) in [6, 6.07) is 10.3. The molecule has 1 heterocycles. The van der Waals surface area contributed by atoms with Gasteiger partial charge < -0.3 is 4.74 Å². The van der Waals surface area contributed by atoms with E-state index in [4.69, 9.17) is 4.74 Å². The Morgan fingerprint density at radius 3 is 2.43 bits per heavy atom. The van der Waals surface area contributed by atoms with Gasteiger partial charge in [-0.05, 0) is 60.1 Å². The molecule has 0 saturated carbocycles. The number of fused-ring (bicyclic) bond motifs is 1. The molecule has 0 fully saturated rings.